The Morgan fingerprint density at radius 2 is 2.28 bits per heavy atom. The molecule has 0 aromatic carbocycles. The van der Waals surface area contributed by atoms with Crippen LogP contribution in [0.4, 0.5) is 10.6 Å². The summed E-state index contributed by atoms with van der Waals surface area (Å²) in [5, 5.41) is 7.28. The van der Waals surface area contributed by atoms with Gasteiger partial charge in [-0.2, -0.15) is 15.1 Å². The second-order valence-corrected chi connectivity index (χ2v) is 4.89. The number of hydrogen-bond donors (Lipinski definition) is 2. The highest BCUT2D eigenvalue weighted by atomic mass is 35.5. The lowest BCUT2D eigenvalue weighted by Crippen LogP contribution is -2.27. The lowest BCUT2D eigenvalue weighted by Gasteiger charge is -2.19. The van der Waals surface area contributed by atoms with Crippen molar-refractivity contribution in [3.63, 3.8) is 0 Å². The number of carbonyl (C=O) groups excluding carboxylic acids is 1. The van der Waals surface area contributed by atoms with Gasteiger partial charge in [-0.15, -0.1) is 0 Å². The Morgan fingerprint density at radius 1 is 1.56 bits per heavy atom. The average molecular weight is 271 g/mol. The molecule has 96 valence electrons. The van der Waals surface area contributed by atoms with Crippen LogP contribution in [0, 0.1) is 0 Å². The van der Waals surface area contributed by atoms with E-state index < -0.39 is 11.7 Å². The Labute approximate surface area is 109 Å². The first-order chi connectivity index (χ1) is 8.76. The largest absolute Gasteiger partial charge is 0.444 e. The lowest BCUT2D eigenvalue weighted by molar-refractivity contribution is 0.0635. The molecule has 0 aliphatic carbocycles. The molecular weight excluding hydrogens is 258 g/mol. The summed E-state index contributed by atoms with van der Waals surface area (Å²) in [6, 6.07) is 0. The van der Waals surface area contributed by atoms with Crippen LogP contribution in [0.5, 0.6) is 0 Å². The number of rotatable bonds is 1. The van der Waals surface area contributed by atoms with E-state index in [0.29, 0.717) is 5.39 Å². The van der Waals surface area contributed by atoms with Crippen molar-refractivity contribution in [3.8, 4) is 0 Å². The Kier molecular flexibility index (Phi) is 2.75. The third-order valence-electron chi connectivity index (χ3n) is 1.86. The predicted molar refractivity (Wildman–Crippen MR) is 66.6 cm³/mol. The summed E-state index contributed by atoms with van der Waals surface area (Å²) in [6.45, 7) is 5.24. The number of nitrogens with one attached hydrogen (secondary N) is 2. The highest BCUT2D eigenvalue weighted by Gasteiger charge is 2.18. The van der Waals surface area contributed by atoms with E-state index in [1.165, 1.54) is 6.20 Å². The first-order valence-corrected chi connectivity index (χ1v) is 5.54. The normalized spacial score (nSPS) is 12.3. The van der Waals surface area contributed by atoms with Crippen molar-refractivity contribution in [1.29, 1.82) is 0 Å². The molecule has 2 heterocycles. The molecule has 0 aliphatic rings. The zero-order valence-corrected chi connectivity index (χ0v) is 10.8. The standard InChI is InChI=1S/C10H12ClN5O2/c1-10(2,3)18-9(17)15-6-5-4-12-16-7(5)14-8(11)13-6/h4H,1-3H3,(H2,12,13,14,15,16,17)/i/hD. The van der Waals surface area contributed by atoms with Gasteiger partial charge in [0.15, 0.2) is 12.9 Å². The number of anilines is 1. The molecule has 0 bridgehead atoms. The highest BCUT2D eigenvalue weighted by Crippen LogP contribution is 2.20. The van der Waals surface area contributed by atoms with Crippen molar-refractivity contribution in [2.24, 2.45) is 0 Å². The average Bonchev–Trinajstić information content (AvgIpc) is 2.57. The minimum absolute atomic E-state index is 0.0902. The molecular formula is C10H12ClN5O2. The van der Waals surface area contributed by atoms with Gasteiger partial charge in [-0.25, -0.2) is 4.79 Å². The van der Waals surface area contributed by atoms with Gasteiger partial charge in [-0.1, -0.05) is 0 Å². The van der Waals surface area contributed by atoms with Gasteiger partial charge in [0.05, 0.1) is 11.6 Å². The molecule has 8 heteroatoms. The number of amides is 1. The molecule has 0 saturated carbocycles. The highest BCUT2D eigenvalue weighted by molar-refractivity contribution is 6.28. The van der Waals surface area contributed by atoms with Gasteiger partial charge in [0, 0.05) is 0 Å². The van der Waals surface area contributed by atoms with Crippen LogP contribution in [-0.2, 0) is 4.74 Å². The van der Waals surface area contributed by atoms with Crippen molar-refractivity contribution in [3.05, 3.63) is 11.5 Å². The van der Waals surface area contributed by atoms with Crippen molar-refractivity contribution in [2.45, 2.75) is 26.4 Å². The van der Waals surface area contributed by atoms with Crippen molar-refractivity contribution < 1.29 is 10.9 Å². The molecule has 2 N–H and O–H groups in total. The molecule has 2 aromatic rings. The molecule has 0 radical (unpaired) electrons. The van der Waals surface area contributed by atoms with Gasteiger partial charge in [0.1, 0.15) is 5.60 Å². The van der Waals surface area contributed by atoms with E-state index in [4.69, 9.17) is 17.7 Å². The SMILES string of the molecule is [2H]n1ncc2c(NC(=O)OC(C)(C)C)nc(Cl)nc21. The fourth-order valence-corrected chi connectivity index (χ4v) is 1.43. The molecule has 0 fully saturated rings. The van der Waals surface area contributed by atoms with Crippen molar-refractivity contribution >= 4 is 34.5 Å². The first-order valence-electron chi connectivity index (χ1n) is 5.61. The summed E-state index contributed by atoms with van der Waals surface area (Å²) < 4.78 is 12.6. The third-order valence-corrected chi connectivity index (χ3v) is 2.03. The van der Waals surface area contributed by atoms with Gasteiger partial charge in [0.25, 0.3) is 0 Å². The number of aromatic amines is 1. The topological polar surface area (TPSA) is 92.8 Å². The summed E-state index contributed by atoms with van der Waals surface area (Å²) in [5.74, 6) is 0.155. The Hall–Kier alpha value is -1.89. The maximum Gasteiger partial charge on any atom is 0.413 e. The summed E-state index contributed by atoms with van der Waals surface area (Å²) in [5.41, 5.74) is -0.425. The van der Waals surface area contributed by atoms with Gasteiger partial charge < -0.3 is 4.74 Å². The molecule has 0 spiro atoms. The van der Waals surface area contributed by atoms with Crippen LogP contribution >= 0.6 is 11.6 Å². The first kappa shape index (κ1) is 11.2. The zero-order chi connectivity index (χ0) is 14.2. The maximum atomic E-state index is 11.7. The van der Waals surface area contributed by atoms with E-state index in [-0.39, 0.29) is 16.7 Å². The number of ether oxygens (including phenoxy) is 1. The summed E-state index contributed by atoms with van der Waals surface area (Å²) >= 11 is 5.73. The number of H-pyrrole nitrogens is 1. The maximum absolute atomic E-state index is 11.7. The van der Waals surface area contributed by atoms with E-state index in [0.717, 1.165) is 5.09 Å². The Bertz CT molecular complexity index is 637. The van der Waals surface area contributed by atoms with E-state index >= 15 is 0 Å². The Morgan fingerprint density at radius 3 is 2.94 bits per heavy atom. The molecule has 18 heavy (non-hydrogen) atoms. The quantitative estimate of drug-likeness (QED) is 0.776. The number of carbonyl (C=O) groups is 1. The van der Waals surface area contributed by atoms with Crippen LogP contribution in [-0.4, -0.2) is 31.9 Å². The lowest BCUT2D eigenvalue weighted by atomic mass is 10.2. The number of nitrogens with zero attached hydrogens (tertiary/aromatic N) is 3. The molecule has 0 atom stereocenters. The molecule has 1 amide bonds. The van der Waals surface area contributed by atoms with Crippen LogP contribution in [0.15, 0.2) is 6.20 Å². The summed E-state index contributed by atoms with van der Waals surface area (Å²) in [7, 11) is 0. The van der Waals surface area contributed by atoms with Gasteiger partial charge in [-0.3, -0.25) is 10.4 Å². The van der Waals surface area contributed by atoms with Crippen LogP contribution in [0.1, 0.15) is 20.8 Å². The van der Waals surface area contributed by atoms with Crippen LogP contribution in [0.2, 0.25) is 6.70 Å². The van der Waals surface area contributed by atoms with E-state index in [1.807, 2.05) is 0 Å². The number of aromatic nitrogens is 4. The minimum Gasteiger partial charge on any atom is -0.444 e. The minimum atomic E-state index is -0.665. The van der Waals surface area contributed by atoms with Crippen LogP contribution in [0.3, 0.4) is 0 Å². The second-order valence-electron chi connectivity index (χ2n) is 4.55. The van der Waals surface area contributed by atoms with Crippen molar-refractivity contribution in [2.75, 3.05) is 5.32 Å². The molecule has 2 rings (SSSR count). The van der Waals surface area contributed by atoms with Crippen LogP contribution in [0.25, 0.3) is 11.0 Å². The van der Waals surface area contributed by atoms with Gasteiger partial charge in [-0.05, 0) is 32.4 Å². The third kappa shape index (κ3) is 2.86. The van der Waals surface area contributed by atoms with Crippen molar-refractivity contribution in [1.82, 2.24) is 20.2 Å². The predicted octanol–water partition coefficient (Wildman–Crippen LogP) is 2.35. The fraction of sp³-hybridized carbons (Fsp3) is 0.400. The smallest absolute Gasteiger partial charge is 0.413 e. The number of hydrogen-bond acceptors (Lipinski definition) is 5. The molecule has 7 nitrogen and oxygen atoms in total. The molecule has 0 unspecified atom stereocenters. The van der Waals surface area contributed by atoms with Crippen LogP contribution < -0.4 is 5.32 Å². The fourth-order valence-electron chi connectivity index (χ4n) is 1.26. The van der Waals surface area contributed by atoms with E-state index in [9.17, 15) is 4.79 Å². The second kappa shape index (κ2) is 4.41. The summed E-state index contributed by atoms with van der Waals surface area (Å²) in [6.07, 6.45) is 0.701. The monoisotopic (exact) mass is 270 g/mol. The molecule has 0 saturated heterocycles. The van der Waals surface area contributed by atoms with E-state index in [2.05, 4.69) is 20.4 Å². The van der Waals surface area contributed by atoms with E-state index in [1.54, 1.807) is 20.8 Å². The van der Waals surface area contributed by atoms with Gasteiger partial charge in [0.2, 0.25) is 5.28 Å². The molecule has 2 aromatic heterocycles. The number of fused-ring (bicyclic) bond motifs is 1. The number of halogens is 1. The van der Waals surface area contributed by atoms with Gasteiger partial charge >= 0.3 is 6.09 Å². The molecule has 0 aliphatic heterocycles. The summed E-state index contributed by atoms with van der Waals surface area (Å²) in [4.78, 5) is 19.4. The Balaban J connectivity index is 2.33. The zero-order valence-electron chi connectivity index (χ0n) is 11.1.